The molecule has 2 rings (SSSR count). The van der Waals surface area contributed by atoms with Gasteiger partial charge in [0.15, 0.2) is 0 Å². The molecule has 0 spiro atoms. The molecule has 108 valence electrons. The van der Waals surface area contributed by atoms with Crippen LogP contribution >= 0.6 is 0 Å². The lowest BCUT2D eigenvalue weighted by molar-refractivity contribution is -0.142. The predicted octanol–water partition coefficient (Wildman–Crippen LogP) is 3.82. The molecule has 0 amide bonds. The number of aliphatic carboxylic acids is 1. The van der Waals surface area contributed by atoms with Gasteiger partial charge in [0.1, 0.15) is 5.69 Å². The highest BCUT2D eigenvalue weighted by Gasteiger charge is 2.36. The van der Waals surface area contributed by atoms with Crippen LogP contribution in [-0.2, 0) is 17.4 Å². The van der Waals surface area contributed by atoms with E-state index >= 15 is 0 Å². The van der Waals surface area contributed by atoms with E-state index in [2.05, 4.69) is 4.98 Å². The van der Waals surface area contributed by atoms with Crippen LogP contribution in [0.5, 0.6) is 0 Å². The number of nitrogens with one attached hydrogen (secondary N) is 1. The summed E-state index contributed by atoms with van der Waals surface area (Å²) in [4.78, 5) is 13.0. The smallest absolute Gasteiger partial charge is 0.431 e. The highest BCUT2D eigenvalue weighted by molar-refractivity contribution is 5.88. The number of carboxylic acids is 1. The lowest BCUT2D eigenvalue weighted by Gasteiger charge is -2.07. The van der Waals surface area contributed by atoms with Crippen LogP contribution in [0.25, 0.3) is 10.9 Å². The van der Waals surface area contributed by atoms with Gasteiger partial charge in [0.2, 0.25) is 0 Å². The minimum Gasteiger partial charge on any atom is -0.481 e. The van der Waals surface area contributed by atoms with Gasteiger partial charge in [0, 0.05) is 17.3 Å². The topological polar surface area (TPSA) is 53.1 Å². The van der Waals surface area contributed by atoms with Gasteiger partial charge in [0.05, 0.1) is 0 Å². The first-order valence-electron chi connectivity index (χ1n) is 6.11. The summed E-state index contributed by atoms with van der Waals surface area (Å²) < 4.78 is 39.2. The van der Waals surface area contributed by atoms with Crippen LogP contribution in [0.4, 0.5) is 13.2 Å². The van der Waals surface area contributed by atoms with Gasteiger partial charge in [0.25, 0.3) is 0 Å². The Balaban J connectivity index is 2.68. The molecular formula is C14H14F3NO2. The van der Waals surface area contributed by atoms with Gasteiger partial charge in [-0.25, -0.2) is 0 Å². The number of benzene rings is 1. The molecule has 2 aromatic rings. The number of aromatic amines is 1. The highest BCUT2D eigenvalue weighted by Crippen LogP contribution is 2.37. The first-order valence-corrected chi connectivity index (χ1v) is 6.11. The molecule has 20 heavy (non-hydrogen) atoms. The van der Waals surface area contributed by atoms with Crippen molar-refractivity contribution in [2.45, 2.75) is 32.9 Å². The summed E-state index contributed by atoms with van der Waals surface area (Å²) in [6.45, 7) is 3.53. The molecule has 0 saturated carbocycles. The zero-order valence-electron chi connectivity index (χ0n) is 11.1. The number of rotatable bonds is 3. The number of H-pyrrole nitrogens is 1. The van der Waals surface area contributed by atoms with E-state index in [4.69, 9.17) is 5.11 Å². The lowest BCUT2D eigenvalue weighted by atomic mass is 10.0. The van der Waals surface area contributed by atoms with Crippen LogP contribution in [0.1, 0.15) is 28.8 Å². The molecule has 0 aliphatic heterocycles. The molecule has 2 N–H and O–H groups in total. The van der Waals surface area contributed by atoms with E-state index in [1.807, 2.05) is 0 Å². The Morgan fingerprint density at radius 3 is 2.50 bits per heavy atom. The van der Waals surface area contributed by atoms with Crippen molar-refractivity contribution in [3.8, 4) is 0 Å². The normalized spacial score (nSPS) is 12.1. The van der Waals surface area contributed by atoms with Crippen LogP contribution in [0.15, 0.2) is 12.1 Å². The van der Waals surface area contributed by atoms with Gasteiger partial charge in [-0.3, -0.25) is 4.79 Å². The molecule has 0 aliphatic rings. The number of aromatic nitrogens is 1. The second-order valence-corrected chi connectivity index (χ2v) is 4.87. The summed E-state index contributed by atoms with van der Waals surface area (Å²) in [5.41, 5.74) is 1.17. The number of alkyl halides is 3. The quantitative estimate of drug-likeness (QED) is 0.900. The zero-order chi connectivity index (χ0) is 15.1. The third kappa shape index (κ3) is 2.64. The summed E-state index contributed by atoms with van der Waals surface area (Å²) in [6, 6.07) is 3.45. The zero-order valence-corrected chi connectivity index (χ0v) is 11.1. The SMILES string of the molecule is Cc1cc(C)c2[nH]c(C(F)(F)F)c(CCC(=O)O)c2c1. The van der Waals surface area contributed by atoms with E-state index in [-0.39, 0.29) is 18.4 Å². The minimum atomic E-state index is -4.52. The second-order valence-electron chi connectivity index (χ2n) is 4.87. The molecule has 0 radical (unpaired) electrons. The Kier molecular flexibility index (Phi) is 3.50. The van der Waals surface area contributed by atoms with Crippen LogP contribution < -0.4 is 0 Å². The molecule has 0 atom stereocenters. The van der Waals surface area contributed by atoms with E-state index < -0.39 is 17.8 Å². The molecule has 1 heterocycles. The van der Waals surface area contributed by atoms with Gasteiger partial charge in [-0.05, 0) is 37.5 Å². The lowest BCUT2D eigenvalue weighted by Crippen LogP contribution is -2.10. The van der Waals surface area contributed by atoms with Crippen molar-refractivity contribution in [2.75, 3.05) is 0 Å². The van der Waals surface area contributed by atoms with Crippen molar-refractivity contribution >= 4 is 16.9 Å². The Labute approximate surface area is 113 Å². The van der Waals surface area contributed by atoms with Crippen molar-refractivity contribution in [1.29, 1.82) is 0 Å². The fraction of sp³-hybridized carbons (Fsp3) is 0.357. The van der Waals surface area contributed by atoms with Crippen LogP contribution in [0.2, 0.25) is 0 Å². The Bertz CT molecular complexity index is 671. The molecule has 0 aliphatic carbocycles. The number of fused-ring (bicyclic) bond motifs is 1. The number of carbonyl (C=O) groups is 1. The Morgan fingerprint density at radius 2 is 1.95 bits per heavy atom. The van der Waals surface area contributed by atoms with Gasteiger partial charge in [-0.2, -0.15) is 13.2 Å². The Hall–Kier alpha value is -1.98. The summed E-state index contributed by atoms with van der Waals surface area (Å²) in [5, 5.41) is 9.15. The molecule has 0 fully saturated rings. The molecule has 1 aromatic heterocycles. The fourth-order valence-corrected chi connectivity index (χ4v) is 2.44. The first-order chi connectivity index (χ1) is 9.20. The average Bonchev–Trinajstić information content (AvgIpc) is 2.64. The maximum atomic E-state index is 13.1. The molecule has 0 unspecified atom stereocenters. The standard InChI is InChI=1S/C14H14F3NO2/c1-7-5-8(2)12-10(6-7)9(3-4-11(19)20)13(18-12)14(15,16)17/h5-6,18H,3-4H2,1-2H3,(H,19,20). The number of hydrogen-bond donors (Lipinski definition) is 2. The first kappa shape index (κ1) is 14.4. The monoisotopic (exact) mass is 285 g/mol. The van der Waals surface area contributed by atoms with Crippen molar-refractivity contribution in [3.05, 3.63) is 34.5 Å². The highest BCUT2D eigenvalue weighted by atomic mass is 19.4. The molecule has 1 aromatic carbocycles. The third-order valence-corrected chi connectivity index (χ3v) is 3.23. The largest absolute Gasteiger partial charge is 0.481 e. The van der Waals surface area contributed by atoms with Crippen molar-refractivity contribution in [3.63, 3.8) is 0 Å². The number of halogens is 3. The number of carboxylic acid groups (broad SMARTS) is 1. The molecule has 0 bridgehead atoms. The summed E-state index contributed by atoms with van der Waals surface area (Å²) in [7, 11) is 0. The van der Waals surface area contributed by atoms with Crippen molar-refractivity contribution in [2.24, 2.45) is 0 Å². The van der Waals surface area contributed by atoms with Gasteiger partial charge in [-0.1, -0.05) is 11.6 Å². The number of aryl methyl sites for hydroxylation is 3. The molecule has 0 saturated heterocycles. The average molecular weight is 285 g/mol. The third-order valence-electron chi connectivity index (χ3n) is 3.23. The van der Waals surface area contributed by atoms with Crippen molar-refractivity contribution in [1.82, 2.24) is 4.98 Å². The van der Waals surface area contributed by atoms with E-state index in [0.29, 0.717) is 16.5 Å². The molecule has 6 heteroatoms. The minimum absolute atomic E-state index is 0.0294. The second kappa shape index (κ2) is 4.85. The maximum Gasteiger partial charge on any atom is 0.431 e. The number of hydrogen-bond acceptors (Lipinski definition) is 1. The van der Waals surface area contributed by atoms with Crippen LogP contribution in [0, 0.1) is 13.8 Å². The van der Waals surface area contributed by atoms with Crippen molar-refractivity contribution < 1.29 is 23.1 Å². The predicted molar refractivity (Wildman–Crippen MR) is 68.7 cm³/mol. The van der Waals surface area contributed by atoms with Gasteiger partial charge >= 0.3 is 12.1 Å². The fourth-order valence-electron chi connectivity index (χ4n) is 2.44. The summed E-state index contributed by atoms with van der Waals surface area (Å²) in [5.74, 6) is -1.11. The van der Waals surface area contributed by atoms with E-state index in [0.717, 1.165) is 5.56 Å². The Morgan fingerprint density at radius 1 is 1.30 bits per heavy atom. The van der Waals surface area contributed by atoms with Gasteiger partial charge in [-0.15, -0.1) is 0 Å². The summed E-state index contributed by atoms with van der Waals surface area (Å²) in [6.07, 6.45) is -5.00. The maximum absolute atomic E-state index is 13.1. The van der Waals surface area contributed by atoms with E-state index in [1.165, 1.54) is 0 Å². The molecular weight excluding hydrogens is 271 g/mol. The van der Waals surface area contributed by atoms with E-state index in [1.54, 1.807) is 26.0 Å². The van der Waals surface area contributed by atoms with Crippen LogP contribution in [0.3, 0.4) is 0 Å². The van der Waals surface area contributed by atoms with E-state index in [9.17, 15) is 18.0 Å². The molecule has 3 nitrogen and oxygen atoms in total. The van der Waals surface area contributed by atoms with Crippen LogP contribution in [-0.4, -0.2) is 16.1 Å². The summed E-state index contributed by atoms with van der Waals surface area (Å²) >= 11 is 0. The van der Waals surface area contributed by atoms with Gasteiger partial charge < -0.3 is 10.1 Å².